The number of nitrogens with zero attached hydrogens (tertiary/aromatic N) is 5. The Balaban J connectivity index is 1.28. The van der Waals surface area contributed by atoms with Crippen LogP contribution in [0.1, 0.15) is 55.5 Å². The molecule has 0 spiro atoms. The van der Waals surface area contributed by atoms with Gasteiger partial charge in [-0.3, -0.25) is 9.20 Å². The maximum Gasteiger partial charge on any atom is 0.403 e. The first-order chi connectivity index (χ1) is 19.6. The number of fused-ring (bicyclic) bond motifs is 4. The average Bonchev–Trinajstić information content (AvgIpc) is 3.85. The summed E-state index contributed by atoms with van der Waals surface area (Å²) in [5.41, 5.74) is -0.0668. The molecule has 7 rings (SSSR count). The second kappa shape index (κ2) is 8.90. The van der Waals surface area contributed by atoms with E-state index in [1.165, 1.54) is 6.07 Å². The Morgan fingerprint density at radius 2 is 1.83 bits per heavy atom. The summed E-state index contributed by atoms with van der Waals surface area (Å²) in [5, 5.41) is 11.3. The molecule has 2 aromatic carbocycles. The molecule has 0 radical (unpaired) electrons. The molecule has 41 heavy (non-hydrogen) atoms. The van der Waals surface area contributed by atoms with E-state index in [-0.39, 0.29) is 12.8 Å². The van der Waals surface area contributed by atoms with Crippen molar-refractivity contribution >= 4 is 34.1 Å². The lowest BCUT2D eigenvalue weighted by molar-refractivity contribution is -0.192. The van der Waals surface area contributed by atoms with Crippen LogP contribution in [0.15, 0.2) is 36.4 Å². The van der Waals surface area contributed by atoms with Crippen LogP contribution in [0.4, 0.5) is 29.1 Å². The monoisotopic (exact) mass is 562 g/mol. The van der Waals surface area contributed by atoms with Crippen molar-refractivity contribution in [3.05, 3.63) is 59.2 Å². The summed E-state index contributed by atoms with van der Waals surface area (Å²) in [4.78, 5) is 19.3. The zero-order chi connectivity index (χ0) is 28.6. The maximum atomic E-state index is 15.4. The highest BCUT2D eigenvalue weighted by molar-refractivity contribution is 5.94. The third-order valence-electron chi connectivity index (χ3n) is 8.49. The van der Waals surface area contributed by atoms with E-state index in [0.717, 1.165) is 36.1 Å². The van der Waals surface area contributed by atoms with Crippen LogP contribution < -0.4 is 10.2 Å². The second-order valence-corrected chi connectivity index (χ2v) is 11.2. The lowest BCUT2D eigenvalue weighted by Crippen LogP contribution is -2.46. The number of aromatic nitrogens is 4. The van der Waals surface area contributed by atoms with Crippen molar-refractivity contribution in [2.75, 3.05) is 11.4 Å². The highest BCUT2D eigenvalue weighted by atomic mass is 19.4. The van der Waals surface area contributed by atoms with Gasteiger partial charge in [0.25, 0.3) is 5.78 Å². The number of alkyl halides is 3. The first-order valence-corrected chi connectivity index (χ1v) is 13.7. The number of hydrogen-bond donors (Lipinski definition) is 1. The van der Waals surface area contributed by atoms with Crippen molar-refractivity contribution in [2.45, 2.75) is 63.6 Å². The van der Waals surface area contributed by atoms with E-state index in [4.69, 9.17) is 4.98 Å². The maximum absolute atomic E-state index is 15.4. The molecule has 2 saturated carbocycles. The van der Waals surface area contributed by atoms with Crippen molar-refractivity contribution < 1.29 is 22.4 Å². The smallest absolute Gasteiger partial charge is 0.339 e. The third kappa shape index (κ3) is 4.11. The SMILES string of the molecule is Cc1nnc2nc(N3CCCCc4c(C#CC5(NC(=O)C6(C(F)(F)F)CC6)CC5)cccc43)c3c(F)cccc3n12. The quantitative estimate of drug-likeness (QED) is 0.262. The minimum absolute atomic E-state index is 0.183. The van der Waals surface area contributed by atoms with E-state index in [2.05, 4.69) is 27.4 Å². The minimum Gasteiger partial charge on any atom is -0.339 e. The lowest BCUT2D eigenvalue weighted by atomic mass is 10.00. The Bertz CT molecular complexity index is 1790. The first-order valence-electron chi connectivity index (χ1n) is 13.7. The number of halogens is 4. The Morgan fingerprint density at radius 3 is 2.56 bits per heavy atom. The summed E-state index contributed by atoms with van der Waals surface area (Å²) in [6.45, 7) is 2.39. The normalized spacial score (nSPS) is 18.8. The minimum atomic E-state index is -4.56. The molecule has 1 aliphatic heterocycles. The van der Waals surface area contributed by atoms with Gasteiger partial charge in [0.15, 0.2) is 0 Å². The number of amides is 1. The number of nitrogens with one attached hydrogen (secondary N) is 1. The van der Waals surface area contributed by atoms with Crippen LogP contribution in [-0.2, 0) is 11.2 Å². The van der Waals surface area contributed by atoms with Crippen LogP contribution in [0.25, 0.3) is 16.7 Å². The molecule has 2 aromatic heterocycles. The molecule has 3 heterocycles. The summed E-state index contributed by atoms with van der Waals surface area (Å²) >= 11 is 0. The molecule has 0 saturated heterocycles. The van der Waals surface area contributed by atoms with Gasteiger partial charge in [-0.15, -0.1) is 10.2 Å². The molecule has 11 heteroatoms. The largest absolute Gasteiger partial charge is 0.403 e. The molecule has 1 amide bonds. The lowest BCUT2D eigenvalue weighted by Gasteiger charge is -2.26. The molecule has 0 atom stereocenters. The van der Waals surface area contributed by atoms with E-state index in [1.54, 1.807) is 17.4 Å². The van der Waals surface area contributed by atoms with E-state index in [0.29, 0.717) is 47.7 Å². The molecule has 210 valence electrons. The predicted molar refractivity (Wildman–Crippen MR) is 144 cm³/mol. The van der Waals surface area contributed by atoms with Gasteiger partial charge in [-0.2, -0.15) is 18.2 Å². The molecule has 7 nitrogen and oxygen atoms in total. The number of rotatable bonds is 3. The van der Waals surface area contributed by atoms with Crippen LogP contribution in [0.2, 0.25) is 0 Å². The van der Waals surface area contributed by atoms with Gasteiger partial charge in [-0.05, 0) is 81.7 Å². The van der Waals surface area contributed by atoms with Gasteiger partial charge in [-0.25, -0.2) is 4.39 Å². The second-order valence-electron chi connectivity index (χ2n) is 11.2. The summed E-state index contributed by atoms with van der Waals surface area (Å²) < 4.78 is 57.5. The standard InChI is InChI=1S/C30H26F4N6O/c1-18-37-38-27-35-25(24-21(31)8-5-10-23(24)40(18)27)39-17-3-2-7-20-19(6-4-9-22(20)39)11-12-28(13-14-28)36-26(41)29(15-16-29)30(32,33)34/h4-6,8-10H,2-3,7,13-17H2,1H3,(H,36,41). The summed E-state index contributed by atoms with van der Waals surface area (Å²) in [6, 6.07) is 10.6. The number of hydrogen-bond acceptors (Lipinski definition) is 5. The molecule has 4 aromatic rings. The topological polar surface area (TPSA) is 75.4 Å². The summed E-state index contributed by atoms with van der Waals surface area (Å²) in [6.07, 6.45) is -1.50. The van der Waals surface area contributed by atoms with Gasteiger partial charge < -0.3 is 10.2 Å². The Kier molecular flexibility index (Phi) is 5.59. The first kappa shape index (κ1) is 25.7. The third-order valence-corrected chi connectivity index (χ3v) is 8.49. The number of anilines is 2. The molecule has 0 unspecified atom stereocenters. The molecular weight excluding hydrogens is 536 g/mol. The molecule has 2 aliphatic carbocycles. The van der Waals surface area contributed by atoms with Gasteiger partial charge >= 0.3 is 6.18 Å². The number of aryl methyl sites for hydroxylation is 1. The van der Waals surface area contributed by atoms with Crippen molar-refractivity contribution in [1.29, 1.82) is 0 Å². The molecule has 3 aliphatic rings. The van der Waals surface area contributed by atoms with Crippen LogP contribution >= 0.6 is 0 Å². The highest BCUT2D eigenvalue weighted by Gasteiger charge is 2.69. The van der Waals surface area contributed by atoms with Crippen LogP contribution in [0.3, 0.4) is 0 Å². The van der Waals surface area contributed by atoms with Crippen LogP contribution in [0, 0.1) is 30.0 Å². The highest BCUT2D eigenvalue weighted by Crippen LogP contribution is 2.58. The average molecular weight is 563 g/mol. The number of carbonyl (C=O) groups excluding carboxylic acids is 1. The van der Waals surface area contributed by atoms with Crippen LogP contribution in [-0.4, -0.2) is 43.7 Å². The van der Waals surface area contributed by atoms with Gasteiger partial charge in [0, 0.05) is 17.8 Å². The number of benzene rings is 2. The molecule has 1 N–H and O–H groups in total. The van der Waals surface area contributed by atoms with Gasteiger partial charge in [0.2, 0.25) is 5.91 Å². The van der Waals surface area contributed by atoms with E-state index >= 15 is 4.39 Å². The van der Waals surface area contributed by atoms with E-state index in [9.17, 15) is 18.0 Å². The Hall–Kier alpha value is -4.20. The van der Waals surface area contributed by atoms with Gasteiger partial charge in [0.1, 0.15) is 28.4 Å². The fourth-order valence-corrected chi connectivity index (χ4v) is 5.79. The summed E-state index contributed by atoms with van der Waals surface area (Å²) in [7, 11) is 0. The predicted octanol–water partition coefficient (Wildman–Crippen LogP) is 5.54. The molecule has 0 bridgehead atoms. The molecular formula is C30H26F4N6O. The van der Waals surface area contributed by atoms with Crippen molar-refractivity contribution in [2.24, 2.45) is 5.41 Å². The van der Waals surface area contributed by atoms with E-state index in [1.807, 2.05) is 29.2 Å². The van der Waals surface area contributed by atoms with Crippen molar-refractivity contribution in [3.8, 4) is 11.8 Å². The van der Waals surface area contributed by atoms with Gasteiger partial charge in [-0.1, -0.05) is 24.0 Å². The Morgan fingerprint density at radius 1 is 1.05 bits per heavy atom. The summed E-state index contributed by atoms with van der Waals surface area (Å²) in [5.74, 6) is 6.31. The zero-order valence-electron chi connectivity index (χ0n) is 22.3. The van der Waals surface area contributed by atoms with E-state index < -0.39 is 28.9 Å². The molecule has 2 fully saturated rings. The van der Waals surface area contributed by atoms with Crippen molar-refractivity contribution in [3.63, 3.8) is 0 Å². The van der Waals surface area contributed by atoms with Crippen molar-refractivity contribution in [1.82, 2.24) is 24.9 Å². The fraction of sp³-hybridized carbons (Fsp3) is 0.400. The Labute approximate surface area is 233 Å². The number of carbonyl (C=O) groups is 1. The van der Waals surface area contributed by atoms with Crippen LogP contribution in [0.5, 0.6) is 0 Å². The van der Waals surface area contributed by atoms with Gasteiger partial charge in [0.05, 0.1) is 10.9 Å². The zero-order valence-corrected chi connectivity index (χ0v) is 22.3. The fourth-order valence-electron chi connectivity index (χ4n) is 5.79.